The van der Waals surface area contributed by atoms with E-state index >= 15 is 0 Å². The van der Waals surface area contributed by atoms with Crippen molar-refractivity contribution in [1.82, 2.24) is 14.5 Å². The Morgan fingerprint density at radius 3 is 2.65 bits per heavy atom. The van der Waals surface area contributed by atoms with Crippen LogP contribution in [0.3, 0.4) is 0 Å². The number of hydrogen-bond donors (Lipinski definition) is 1. The molecule has 2 aromatic carbocycles. The normalized spacial score (nSPS) is 12.7. The van der Waals surface area contributed by atoms with Gasteiger partial charge in [0.25, 0.3) is 5.56 Å². The first-order chi connectivity index (χ1) is 11.2. The molecule has 2 heterocycles. The second-order valence-corrected chi connectivity index (χ2v) is 5.89. The summed E-state index contributed by atoms with van der Waals surface area (Å²) in [6.07, 6.45) is 2.46. The molecule has 1 N–H and O–H groups in total. The summed E-state index contributed by atoms with van der Waals surface area (Å²) in [6.45, 7) is 2.05. The molecule has 4 rings (SSSR count). The van der Waals surface area contributed by atoms with E-state index in [0.29, 0.717) is 5.52 Å². The van der Waals surface area contributed by atoms with Crippen LogP contribution in [-0.4, -0.2) is 14.5 Å². The fourth-order valence-electron chi connectivity index (χ4n) is 3.08. The number of rotatable bonds is 3. The zero-order chi connectivity index (χ0) is 15.8. The van der Waals surface area contributed by atoms with Gasteiger partial charge in [0.1, 0.15) is 11.0 Å². The van der Waals surface area contributed by atoms with E-state index in [0.717, 1.165) is 22.8 Å². The smallest absolute Gasteiger partial charge is 0.277 e. The second-order valence-electron chi connectivity index (χ2n) is 5.89. The SMILES string of the molecule is CC(Cc1ccccc1)n1cnc2c([nH]c3ccccc32)c1=O. The fourth-order valence-corrected chi connectivity index (χ4v) is 3.08. The number of hydrogen-bond acceptors (Lipinski definition) is 2. The Hall–Kier alpha value is -2.88. The predicted molar refractivity (Wildman–Crippen MR) is 92.7 cm³/mol. The first-order valence-corrected chi connectivity index (χ1v) is 7.75. The summed E-state index contributed by atoms with van der Waals surface area (Å²) in [5.74, 6) is 0. The molecule has 0 aliphatic rings. The molecule has 0 bridgehead atoms. The van der Waals surface area contributed by atoms with Crippen LogP contribution in [0.4, 0.5) is 0 Å². The van der Waals surface area contributed by atoms with Gasteiger partial charge in [0.15, 0.2) is 0 Å². The minimum atomic E-state index is -0.0189. The molecular formula is C19H17N3O. The van der Waals surface area contributed by atoms with E-state index in [4.69, 9.17) is 0 Å². The van der Waals surface area contributed by atoms with Gasteiger partial charge in [-0.15, -0.1) is 0 Å². The molecule has 23 heavy (non-hydrogen) atoms. The highest BCUT2D eigenvalue weighted by Gasteiger charge is 2.14. The first kappa shape index (κ1) is 13.8. The van der Waals surface area contributed by atoms with Gasteiger partial charge in [-0.2, -0.15) is 0 Å². The average Bonchev–Trinajstić information content (AvgIpc) is 2.96. The van der Waals surface area contributed by atoms with E-state index in [1.165, 1.54) is 5.56 Å². The monoisotopic (exact) mass is 303 g/mol. The Balaban J connectivity index is 1.80. The number of nitrogens with zero attached hydrogens (tertiary/aromatic N) is 2. The maximum absolute atomic E-state index is 12.8. The molecule has 0 aliphatic carbocycles. The molecule has 0 fully saturated rings. The van der Waals surface area contributed by atoms with Crippen LogP contribution >= 0.6 is 0 Å². The van der Waals surface area contributed by atoms with Crippen LogP contribution < -0.4 is 5.56 Å². The summed E-state index contributed by atoms with van der Waals surface area (Å²) in [7, 11) is 0. The fraction of sp³-hybridized carbons (Fsp3) is 0.158. The summed E-state index contributed by atoms with van der Waals surface area (Å²) >= 11 is 0. The number of aromatic nitrogens is 3. The topological polar surface area (TPSA) is 50.7 Å². The molecule has 0 saturated carbocycles. The number of H-pyrrole nitrogens is 1. The lowest BCUT2D eigenvalue weighted by atomic mass is 10.1. The average molecular weight is 303 g/mol. The van der Waals surface area contributed by atoms with Gasteiger partial charge in [0.2, 0.25) is 0 Å². The van der Waals surface area contributed by atoms with Crippen LogP contribution in [0.15, 0.2) is 65.7 Å². The van der Waals surface area contributed by atoms with E-state index in [9.17, 15) is 4.79 Å². The summed E-state index contributed by atoms with van der Waals surface area (Å²) in [5, 5.41) is 0.988. The van der Waals surface area contributed by atoms with Crippen molar-refractivity contribution in [1.29, 1.82) is 0 Å². The molecule has 4 nitrogen and oxygen atoms in total. The third kappa shape index (κ3) is 2.32. The maximum Gasteiger partial charge on any atom is 0.277 e. The van der Waals surface area contributed by atoms with Crippen LogP contribution in [0, 0.1) is 0 Å². The van der Waals surface area contributed by atoms with Crippen molar-refractivity contribution < 1.29 is 0 Å². The van der Waals surface area contributed by atoms with Crippen molar-refractivity contribution in [2.75, 3.05) is 0 Å². The van der Waals surface area contributed by atoms with Crippen molar-refractivity contribution in [3.8, 4) is 0 Å². The molecule has 0 spiro atoms. The van der Waals surface area contributed by atoms with E-state index in [-0.39, 0.29) is 11.6 Å². The van der Waals surface area contributed by atoms with E-state index < -0.39 is 0 Å². The Kier molecular flexibility index (Phi) is 3.23. The van der Waals surface area contributed by atoms with E-state index in [2.05, 4.69) is 22.1 Å². The van der Waals surface area contributed by atoms with Gasteiger partial charge < -0.3 is 4.98 Å². The maximum atomic E-state index is 12.8. The van der Waals surface area contributed by atoms with Gasteiger partial charge in [-0.25, -0.2) is 4.98 Å². The highest BCUT2D eigenvalue weighted by atomic mass is 16.1. The highest BCUT2D eigenvalue weighted by Crippen LogP contribution is 2.21. The van der Waals surface area contributed by atoms with Gasteiger partial charge >= 0.3 is 0 Å². The molecule has 2 aromatic heterocycles. The summed E-state index contributed by atoms with van der Waals surface area (Å²) in [6, 6.07) is 18.1. The molecule has 1 unspecified atom stereocenters. The molecule has 0 amide bonds. The Morgan fingerprint density at radius 2 is 1.83 bits per heavy atom. The quantitative estimate of drug-likeness (QED) is 0.627. The molecule has 1 atom stereocenters. The standard InChI is InChI=1S/C19H17N3O/c1-13(11-14-7-3-2-4-8-14)22-12-20-17-15-9-5-6-10-16(15)21-18(17)19(22)23/h2-10,12-13,21H,11H2,1H3. The zero-order valence-electron chi connectivity index (χ0n) is 12.9. The zero-order valence-corrected chi connectivity index (χ0v) is 12.9. The lowest BCUT2D eigenvalue weighted by Crippen LogP contribution is -2.25. The first-order valence-electron chi connectivity index (χ1n) is 7.75. The van der Waals surface area contributed by atoms with Gasteiger partial charge in [-0.1, -0.05) is 48.5 Å². The number of benzene rings is 2. The molecule has 114 valence electrons. The van der Waals surface area contributed by atoms with Crippen LogP contribution in [0.25, 0.3) is 21.9 Å². The van der Waals surface area contributed by atoms with Gasteiger partial charge in [-0.05, 0) is 25.0 Å². The number of nitrogens with one attached hydrogen (secondary N) is 1. The van der Waals surface area contributed by atoms with Crippen LogP contribution in [0.1, 0.15) is 18.5 Å². The number of fused-ring (bicyclic) bond motifs is 3. The Bertz CT molecular complexity index is 1030. The molecular weight excluding hydrogens is 286 g/mol. The van der Waals surface area contributed by atoms with E-state index in [1.807, 2.05) is 49.4 Å². The third-order valence-electron chi connectivity index (χ3n) is 4.29. The molecule has 0 saturated heterocycles. The largest absolute Gasteiger partial charge is 0.349 e. The number of para-hydroxylation sites is 1. The lowest BCUT2D eigenvalue weighted by molar-refractivity contribution is 0.523. The summed E-state index contributed by atoms with van der Waals surface area (Å²) in [4.78, 5) is 20.6. The predicted octanol–water partition coefficient (Wildman–Crippen LogP) is 3.68. The molecule has 4 aromatic rings. The van der Waals surface area contributed by atoms with Crippen LogP contribution in [0.2, 0.25) is 0 Å². The van der Waals surface area contributed by atoms with Crippen molar-refractivity contribution in [2.45, 2.75) is 19.4 Å². The van der Waals surface area contributed by atoms with Gasteiger partial charge in [0.05, 0.1) is 6.33 Å². The van der Waals surface area contributed by atoms with Gasteiger partial charge in [-0.3, -0.25) is 9.36 Å². The Morgan fingerprint density at radius 1 is 1.09 bits per heavy atom. The third-order valence-corrected chi connectivity index (χ3v) is 4.29. The van der Waals surface area contributed by atoms with Crippen molar-refractivity contribution >= 4 is 21.9 Å². The second kappa shape index (κ2) is 5.39. The summed E-state index contributed by atoms with van der Waals surface area (Å²) in [5.41, 5.74) is 3.46. The molecule has 0 radical (unpaired) electrons. The van der Waals surface area contributed by atoms with Crippen molar-refractivity contribution in [3.05, 3.63) is 76.8 Å². The number of aromatic amines is 1. The minimum Gasteiger partial charge on any atom is -0.349 e. The molecule has 0 aliphatic heterocycles. The summed E-state index contributed by atoms with van der Waals surface area (Å²) < 4.78 is 1.71. The lowest BCUT2D eigenvalue weighted by Gasteiger charge is -2.14. The minimum absolute atomic E-state index is 0.0189. The Labute approximate surface area is 133 Å². The van der Waals surface area contributed by atoms with Crippen molar-refractivity contribution in [3.63, 3.8) is 0 Å². The molecule has 4 heteroatoms. The van der Waals surface area contributed by atoms with Crippen molar-refractivity contribution in [2.24, 2.45) is 0 Å². The van der Waals surface area contributed by atoms with E-state index in [1.54, 1.807) is 10.9 Å². The highest BCUT2D eigenvalue weighted by molar-refractivity contribution is 6.04. The van der Waals surface area contributed by atoms with Gasteiger partial charge in [0, 0.05) is 16.9 Å². The van der Waals surface area contributed by atoms with Crippen LogP contribution in [0.5, 0.6) is 0 Å². The van der Waals surface area contributed by atoms with Crippen LogP contribution in [-0.2, 0) is 6.42 Å².